The van der Waals surface area contributed by atoms with E-state index >= 15 is 0 Å². The summed E-state index contributed by atoms with van der Waals surface area (Å²) in [7, 11) is 1.52. The molecule has 1 aliphatic carbocycles. The highest BCUT2D eigenvalue weighted by Gasteiger charge is 2.62. The summed E-state index contributed by atoms with van der Waals surface area (Å²) in [5.41, 5.74) is 2.12. The summed E-state index contributed by atoms with van der Waals surface area (Å²) in [6.45, 7) is 1.50. The third kappa shape index (κ3) is 4.23. The van der Waals surface area contributed by atoms with Gasteiger partial charge >= 0.3 is 0 Å². The first kappa shape index (κ1) is 22.7. The van der Waals surface area contributed by atoms with Gasteiger partial charge in [0.05, 0.1) is 29.4 Å². The number of amides is 2. The second kappa shape index (κ2) is 8.92. The van der Waals surface area contributed by atoms with Crippen LogP contribution in [0.25, 0.3) is 11.3 Å². The van der Waals surface area contributed by atoms with Gasteiger partial charge in [-0.05, 0) is 42.5 Å². The molecule has 1 saturated heterocycles. The smallest absolute Gasteiger partial charge is 0.271 e. The number of aromatic amines is 1. The molecule has 2 N–H and O–H groups in total. The van der Waals surface area contributed by atoms with Gasteiger partial charge in [0.2, 0.25) is 11.8 Å². The van der Waals surface area contributed by atoms with Crippen molar-refractivity contribution >= 4 is 35.0 Å². The average molecular weight is 500 g/mol. The van der Waals surface area contributed by atoms with Crippen LogP contribution in [0, 0.1) is 11.3 Å². The molecule has 1 aliphatic heterocycles. The third-order valence-electron chi connectivity index (χ3n) is 6.71. The predicted octanol–water partition coefficient (Wildman–Crippen LogP) is 3.96. The minimum absolute atomic E-state index is 0.0506. The Morgan fingerprint density at radius 1 is 1.29 bits per heavy atom. The molecular weight excluding hydrogens is 477 g/mol. The van der Waals surface area contributed by atoms with E-state index in [9.17, 15) is 9.59 Å². The van der Waals surface area contributed by atoms with Crippen molar-refractivity contribution in [1.82, 2.24) is 25.4 Å². The van der Waals surface area contributed by atoms with Gasteiger partial charge < -0.3 is 15.0 Å². The van der Waals surface area contributed by atoms with E-state index in [2.05, 4.69) is 20.5 Å². The molecule has 3 aromatic rings. The molecule has 2 aromatic heterocycles. The van der Waals surface area contributed by atoms with Crippen molar-refractivity contribution in [1.29, 1.82) is 0 Å². The lowest BCUT2D eigenvalue weighted by atomic mass is 9.93. The maximum Gasteiger partial charge on any atom is 0.271 e. The lowest BCUT2D eigenvalue weighted by molar-refractivity contribution is -0.128. The first-order chi connectivity index (χ1) is 16.4. The summed E-state index contributed by atoms with van der Waals surface area (Å²) in [4.78, 5) is 31.9. The van der Waals surface area contributed by atoms with E-state index in [1.165, 1.54) is 13.3 Å². The van der Waals surface area contributed by atoms with Crippen molar-refractivity contribution in [2.24, 2.45) is 11.3 Å². The number of H-pyrrole nitrogens is 1. The van der Waals surface area contributed by atoms with Crippen LogP contribution < -0.4 is 10.1 Å². The highest BCUT2D eigenvalue weighted by Crippen LogP contribution is 2.58. The van der Waals surface area contributed by atoms with Gasteiger partial charge in [0.1, 0.15) is 5.69 Å². The summed E-state index contributed by atoms with van der Waals surface area (Å²) in [6.07, 6.45) is 2.92. The molecule has 0 radical (unpaired) electrons. The second-order valence-corrected chi connectivity index (χ2v) is 9.59. The van der Waals surface area contributed by atoms with Crippen LogP contribution in [0.5, 0.6) is 5.88 Å². The normalized spacial score (nSPS) is 21.0. The van der Waals surface area contributed by atoms with Crippen LogP contribution in [0.1, 0.15) is 28.9 Å². The molecule has 10 heteroatoms. The zero-order valence-electron chi connectivity index (χ0n) is 18.5. The molecule has 34 heavy (non-hydrogen) atoms. The van der Waals surface area contributed by atoms with Gasteiger partial charge in [-0.1, -0.05) is 35.3 Å². The predicted molar refractivity (Wildman–Crippen MR) is 128 cm³/mol. The Kier molecular flexibility index (Phi) is 5.95. The zero-order valence-corrected chi connectivity index (χ0v) is 20.0. The van der Waals surface area contributed by atoms with Gasteiger partial charge in [-0.2, -0.15) is 5.10 Å². The first-order valence-corrected chi connectivity index (χ1v) is 11.7. The number of halogens is 2. The Morgan fingerprint density at radius 3 is 2.91 bits per heavy atom. The molecule has 176 valence electrons. The van der Waals surface area contributed by atoms with Crippen LogP contribution >= 0.6 is 23.2 Å². The molecule has 2 unspecified atom stereocenters. The molecule has 0 spiro atoms. The summed E-state index contributed by atoms with van der Waals surface area (Å²) in [6, 6.07) is 10.8. The molecule has 5 rings (SSSR count). The largest absolute Gasteiger partial charge is 0.481 e. The Balaban J connectivity index is 1.21. The number of rotatable bonds is 6. The van der Waals surface area contributed by atoms with E-state index in [1.807, 2.05) is 18.2 Å². The maximum atomic E-state index is 13.1. The van der Waals surface area contributed by atoms with Gasteiger partial charge in [-0.15, -0.1) is 0 Å². The SMILES string of the molecule is COc1cc(-c2cc(C(=O)N3CCC4(C(=O)NCc5cccc(Cl)c5)CC4C3)[nH]n2)c(Cl)cn1. The molecule has 2 aliphatic rings. The van der Waals surface area contributed by atoms with Crippen LogP contribution in [0.2, 0.25) is 10.0 Å². The lowest BCUT2D eigenvalue weighted by Gasteiger charge is -2.30. The number of nitrogens with one attached hydrogen (secondary N) is 2. The number of hydrogen-bond donors (Lipinski definition) is 2. The fourth-order valence-corrected chi connectivity index (χ4v) is 5.08. The maximum absolute atomic E-state index is 13.1. The number of carbonyl (C=O) groups excluding carboxylic acids is 2. The monoisotopic (exact) mass is 499 g/mol. The second-order valence-electron chi connectivity index (χ2n) is 8.74. The van der Waals surface area contributed by atoms with Crippen LogP contribution in [0.3, 0.4) is 0 Å². The summed E-state index contributed by atoms with van der Waals surface area (Å²) in [5.74, 6) is 0.473. The highest BCUT2D eigenvalue weighted by atomic mass is 35.5. The number of ether oxygens (including phenoxy) is 1. The molecule has 2 fully saturated rings. The minimum Gasteiger partial charge on any atom is -0.481 e. The Hall–Kier alpha value is -3.10. The number of carbonyl (C=O) groups is 2. The van der Waals surface area contributed by atoms with E-state index in [1.54, 1.807) is 23.1 Å². The van der Waals surface area contributed by atoms with Gasteiger partial charge in [-0.25, -0.2) is 4.98 Å². The fourth-order valence-electron chi connectivity index (χ4n) is 4.67. The number of fused-ring (bicyclic) bond motifs is 1. The molecule has 3 heterocycles. The van der Waals surface area contributed by atoms with Gasteiger partial charge in [0.25, 0.3) is 5.91 Å². The van der Waals surface area contributed by atoms with Crippen LogP contribution in [-0.2, 0) is 11.3 Å². The Bertz CT molecular complexity index is 1260. The molecule has 8 nitrogen and oxygen atoms in total. The van der Waals surface area contributed by atoms with E-state index < -0.39 is 0 Å². The molecular formula is C24H23Cl2N5O3. The van der Waals surface area contributed by atoms with Crippen molar-refractivity contribution < 1.29 is 14.3 Å². The number of nitrogens with zero attached hydrogens (tertiary/aromatic N) is 3. The van der Waals surface area contributed by atoms with Crippen molar-refractivity contribution in [3.05, 3.63) is 63.9 Å². The van der Waals surface area contributed by atoms with E-state index in [4.69, 9.17) is 27.9 Å². The molecule has 0 bridgehead atoms. The number of likely N-dealkylation sites (tertiary alicyclic amines) is 1. The fraction of sp³-hybridized carbons (Fsp3) is 0.333. The standard InChI is InChI=1S/C24H23Cl2N5O3/c1-34-21-8-17(18(26)12-27-21)19-9-20(30-29-19)22(32)31-6-5-24(10-15(24)13-31)23(33)28-11-14-3-2-4-16(25)7-14/h2-4,7-9,12,15H,5-6,10-11,13H2,1H3,(H,28,33)(H,29,30). The summed E-state index contributed by atoms with van der Waals surface area (Å²) in [5, 5.41) is 11.2. The first-order valence-electron chi connectivity index (χ1n) is 11.0. The van der Waals surface area contributed by atoms with Crippen LogP contribution in [-0.4, -0.2) is 52.1 Å². The number of pyridine rings is 1. The number of benzene rings is 1. The minimum atomic E-state index is -0.379. The lowest BCUT2D eigenvalue weighted by Crippen LogP contribution is -2.44. The summed E-state index contributed by atoms with van der Waals surface area (Å²) >= 11 is 12.3. The molecule has 1 aromatic carbocycles. The Morgan fingerprint density at radius 2 is 2.15 bits per heavy atom. The van der Waals surface area contributed by atoms with Crippen molar-refractivity contribution in [3.8, 4) is 17.1 Å². The average Bonchev–Trinajstić information content (AvgIpc) is 3.39. The summed E-state index contributed by atoms with van der Waals surface area (Å²) < 4.78 is 5.15. The van der Waals surface area contributed by atoms with Gasteiger partial charge in [-0.3, -0.25) is 14.7 Å². The van der Waals surface area contributed by atoms with Crippen molar-refractivity contribution in [3.63, 3.8) is 0 Å². The molecule has 2 amide bonds. The number of piperidine rings is 1. The number of aromatic nitrogens is 3. The third-order valence-corrected chi connectivity index (χ3v) is 7.24. The van der Waals surface area contributed by atoms with E-state index in [-0.39, 0.29) is 23.1 Å². The quantitative estimate of drug-likeness (QED) is 0.534. The van der Waals surface area contributed by atoms with Crippen LogP contribution in [0.4, 0.5) is 0 Å². The topological polar surface area (TPSA) is 100 Å². The number of methoxy groups -OCH3 is 1. The van der Waals surface area contributed by atoms with Crippen LogP contribution in [0.15, 0.2) is 42.6 Å². The zero-order chi connectivity index (χ0) is 23.9. The van der Waals surface area contributed by atoms with Gasteiger partial charge in [0, 0.05) is 36.3 Å². The Labute approximate surface area is 206 Å². The van der Waals surface area contributed by atoms with Crippen molar-refractivity contribution in [2.75, 3.05) is 20.2 Å². The van der Waals surface area contributed by atoms with E-state index in [0.717, 1.165) is 12.0 Å². The number of hydrogen-bond acceptors (Lipinski definition) is 5. The molecule has 1 saturated carbocycles. The van der Waals surface area contributed by atoms with Gasteiger partial charge in [0.15, 0.2) is 0 Å². The molecule has 2 atom stereocenters. The van der Waals surface area contributed by atoms with E-state index in [0.29, 0.717) is 58.9 Å². The van der Waals surface area contributed by atoms with Crippen molar-refractivity contribution in [2.45, 2.75) is 19.4 Å². The highest BCUT2D eigenvalue weighted by molar-refractivity contribution is 6.33.